The molecule has 0 aliphatic heterocycles. The molecular weight excluding hydrogens is 326 g/mol. The van der Waals surface area contributed by atoms with Gasteiger partial charge in [0.1, 0.15) is 0 Å². The van der Waals surface area contributed by atoms with Gasteiger partial charge in [-0.3, -0.25) is 9.59 Å². The van der Waals surface area contributed by atoms with E-state index in [0.29, 0.717) is 16.1 Å². The van der Waals surface area contributed by atoms with E-state index in [2.05, 4.69) is 10.1 Å². The van der Waals surface area contributed by atoms with Gasteiger partial charge in [-0.05, 0) is 43.7 Å². The number of hydrogen-bond donors (Lipinski definition) is 1. The molecular formula is C18H19NO4S. The van der Waals surface area contributed by atoms with E-state index in [9.17, 15) is 14.4 Å². The molecule has 0 atom stereocenters. The van der Waals surface area contributed by atoms with Crippen molar-refractivity contribution in [1.29, 1.82) is 0 Å². The van der Waals surface area contributed by atoms with Crippen molar-refractivity contribution in [3.63, 3.8) is 0 Å². The van der Waals surface area contributed by atoms with Crippen LogP contribution >= 0.6 is 11.3 Å². The number of nitrogens with one attached hydrogen (secondary N) is 1. The summed E-state index contributed by atoms with van der Waals surface area (Å²) in [5.74, 6) is -0.765. The maximum absolute atomic E-state index is 12.1. The van der Waals surface area contributed by atoms with Crippen LogP contribution in [0.15, 0.2) is 30.3 Å². The minimum atomic E-state index is -0.464. The largest absolute Gasteiger partial charge is 0.465 e. The minimum Gasteiger partial charge on any atom is -0.465 e. The van der Waals surface area contributed by atoms with Crippen LogP contribution in [-0.2, 0) is 9.53 Å². The molecule has 0 unspecified atom stereocenters. The third-order valence-electron chi connectivity index (χ3n) is 3.53. The Bertz CT molecular complexity index is 779. The Balaban J connectivity index is 1.97. The number of carbonyl (C=O) groups is 3. The molecule has 0 saturated heterocycles. The number of Topliss-reactive ketones (excluding diaryl/α,β-unsaturated/α-hetero) is 1. The summed E-state index contributed by atoms with van der Waals surface area (Å²) in [7, 11) is 1.30. The summed E-state index contributed by atoms with van der Waals surface area (Å²) in [4.78, 5) is 37.4. The highest BCUT2D eigenvalue weighted by atomic mass is 32.1. The van der Waals surface area contributed by atoms with Crippen molar-refractivity contribution in [1.82, 2.24) is 0 Å². The number of benzene rings is 1. The van der Waals surface area contributed by atoms with Crippen LogP contribution in [0, 0.1) is 13.8 Å². The van der Waals surface area contributed by atoms with Crippen LogP contribution in [0.5, 0.6) is 0 Å². The second kappa shape index (κ2) is 7.88. The van der Waals surface area contributed by atoms with Gasteiger partial charge < -0.3 is 10.1 Å². The molecule has 2 aromatic rings. The fourth-order valence-electron chi connectivity index (χ4n) is 2.15. The molecule has 0 spiro atoms. The van der Waals surface area contributed by atoms with Gasteiger partial charge in [-0.15, -0.1) is 11.3 Å². The molecule has 1 amide bonds. The Hall–Kier alpha value is -2.47. The molecule has 1 heterocycles. The zero-order valence-electron chi connectivity index (χ0n) is 13.8. The van der Waals surface area contributed by atoms with Gasteiger partial charge in [-0.1, -0.05) is 6.07 Å². The van der Waals surface area contributed by atoms with Gasteiger partial charge in [-0.25, -0.2) is 4.79 Å². The predicted molar refractivity (Wildman–Crippen MR) is 93.8 cm³/mol. The van der Waals surface area contributed by atoms with Crippen LogP contribution in [-0.4, -0.2) is 24.8 Å². The first-order valence-electron chi connectivity index (χ1n) is 7.49. The Morgan fingerprint density at radius 2 is 1.83 bits per heavy atom. The van der Waals surface area contributed by atoms with Crippen LogP contribution in [0.25, 0.3) is 0 Å². The quantitative estimate of drug-likeness (QED) is 0.639. The lowest BCUT2D eigenvalue weighted by atomic mass is 10.1. The number of thiophene rings is 1. The van der Waals surface area contributed by atoms with Gasteiger partial charge >= 0.3 is 5.97 Å². The number of hydrogen-bond acceptors (Lipinski definition) is 5. The van der Waals surface area contributed by atoms with E-state index in [4.69, 9.17) is 0 Å². The van der Waals surface area contributed by atoms with Crippen LogP contribution in [0.1, 0.15) is 43.3 Å². The number of amides is 1. The average molecular weight is 345 g/mol. The van der Waals surface area contributed by atoms with Crippen LogP contribution in [0.4, 0.5) is 5.69 Å². The summed E-state index contributed by atoms with van der Waals surface area (Å²) >= 11 is 1.43. The van der Waals surface area contributed by atoms with E-state index in [1.54, 1.807) is 24.3 Å². The van der Waals surface area contributed by atoms with Gasteiger partial charge in [0.25, 0.3) is 0 Å². The average Bonchev–Trinajstić information content (AvgIpc) is 3.00. The highest BCUT2D eigenvalue weighted by Gasteiger charge is 2.13. The molecule has 0 fully saturated rings. The van der Waals surface area contributed by atoms with Crippen molar-refractivity contribution >= 4 is 34.7 Å². The molecule has 0 aliphatic carbocycles. The third kappa shape index (κ3) is 4.52. The summed E-state index contributed by atoms with van der Waals surface area (Å²) in [6.07, 6.45) is 0.249. The molecule has 6 heteroatoms. The van der Waals surface area contributed by atoms with Crippen LogP contribution in [0.2, 0.25) is 0 Å². The maximum atomic E-state index is 12.1. The molecule has 0 radical (unpaired) electrons. The van der Waals surface area contributed by atoms with E-state index < -0.39 is 5.97 Å². The number of anilines is 1. The fraction of sp³-hybridized carbons (Fsp3) is 0.278. The van der Waals surface area contributed by atoms with E-state index in [0.717, 1.165) is 10.4 Å². The molecule has 0 bridgehead atoms. The second-order valence-corrected chi connectivity index (χ2v) is 6.69. The third-order valence-corrected chi connectivity index (χ3v) is 4.57. The first kappa shape index (κ1) is 17.9. The minimum absolute atomic E-state index is 0.0386. The Morgan fingerprint density at radius 1 is 1.08 bits per heavy atom. The van der Waals surface area contributed by atoms with Crippen molar-refractivity contribution in [3.05, 3.63) is 51.2 Å². The standard InChI is InChI=1S/C18H19NO4S/c1-11-4-6-13(18(22)23-3)10-14(11)19-17(21)9-7-15(20)16-8-5-12(2)24-16/h4-6,8,10H,7,9H2,1-3H3,(H,19,21). The normalized spacial score (nSPS) is 10.3. The van der Waals surface area contributed by atoms with Crippen molar-refractivity contribution in [2.45, 2.75) is 26.7 Å². The predicted octanol–water partition coefficient (Wildman–Crippen LogP) is 3.75. The molecule has 1 N–H and O–H groups in total. The molecule has 24 heavy (non-hydrogen) atoms. The summed E-state index contributed by atoms with van der Waals surface area (Å²) in [6.45, 7) is 3.77. The molecule has 1 aromatic carbocycles. The van der Waals surface area contributed by atoms with Gasteiger partial charge in [0.2, 0.25) is 5.91 Å². The summed E-state index contributed by atoms with van der Waals surface area (Å²) in [5, 5.41) is 2.75. The summed E-state index contributed by atoms with van der Waals surface area (Å²) in [6, 6.07) is 8.62. The Kier molecular flexibility index (Phi) is 5.87. The zero-order valence-corrected chi connectivity index (χ0v) is 14.7. The first-order valence-corrected chi connectivity index (χ1v) is 8.31. The van der Waals surface area contributed by atoms with E-state index in [-0.39, 0.29) is 24.5 Å². The lowest BCUT2D eigenvalue weighted by Crippen LogP contribution is -2.14. The van der Waals surface area contributed by atoms with Gasteiger partial charge in [0, 0.05) is 23.4 Å². The monoisotopic (exact) mass is 345 g/mol. The fourth-order valence-corrected chi connectivity index (χ4v) is 2.98. The second-order valence-electron chi connectivity index (χ2n) is 5.40. The van der Waals surface area contributed by atoms with Gasteiger partial charge in [0.05, 0.1) is 17.6 Å². The van der Waals surface area contributed by atoms with E-state index >= 15 is 0 Å². The first-order chi connectivity index (χ1) is 11.4. The number of esters is 1. The van der Waals surface area contributed by atoms with Gasteiger partial charge in [0.15, 0.2) is 5.78 Å². The number of methoxy groups -OCH3 is 1. The topological polar surface area (TPSA) is 72.5 Å². The highest BCUT2D eigenvalue weighted by Crippen LogP contribution is 2.20. The number of ether oxygens (including phenoxy) is 1. The summed E-state index contributed by atoms with van der Waals surface area (Å²) < 4.78 is 4.67. The smallest absolute Gasteiger partial charge is 0.337 e. The maximum Gasteiger partial charge on any atom is 0.337 e. The van der Waals surface area contributed by atoms with E-state index in [1.165, 1.54) is 18.4 Å². The number of ketones is 1. The zero-order chi connectivity index (χ0) is 17.7. The Labute approximate surface area is 144 Å². The molecule has 126 valence electrons. The molecule has 1 aromatic heterocycles. The van der Waals surface area contributed by atoms with Crippen LogP contribution < -0.4 is 5.32 Å². The lowest BCUT2D eigenvalue weighted by Gasteiger charge is -2.09. The van der Waals surface area contributed by atoms with Crippen molar-refractivity contribution < 1.29 is 19.1 Å². The number of carbonyl (C=O) groups excluding carboxylic acids is 3. The van der Waals surface area contributed by atoms with Crippen molar-refractivity contribution in [3.8, 4) is 0 Å². The number of rotatable bonds is 6. The highest BCUT2D eigenvalue weighted by molar-refractivity contribution is 7.14. The molecule has 2 rings (SSSR count). The van der Waals surface area contributed by atoms with Gasteiger partial charge in [-0.2, -0.15) is 0 Å². The Morgan fingerprint density at radius 3 is 2.46 bits per heavy atom. The van der Waals surface area contributed by atoms with Crippen molar-refractivity contribution in [2.75, 3.05) is 12.4 Å². The molecule has 5 nitrogen and oxygen atoms in total. The molecule has 0 aliphatic rings. The van der Waals surface area contributed by atoms with Crippen molar-refractivity contribution in [2.24, 2.45) is 0 Å². The summed E-state index contributed by atoms with van der Waals surface area (Å²) in [5.41, 5.74) is 1.74. The SMILES string of the molecule is COC(=O)c1ccc(C)c(NC(=O)CCC(=O)c2ccc(C)s2)c1. The lowest BCUT2D eigenvalue weighted by molar-refractivity contribution is -0.116. The van der Waals surface area contributed by atoms with E-state index in [1.807, 2.05) is 19.9 Å². The van der Waals surface area contributed by atoms with Crippen LogP contribution in [0.3, 0.4) is 0 Å². The molecule has 0 saturated carbocycles. The number of aryl methyl sites for hydroxylation is 2.